The van der Waals surface area contributed by atoms with Crippen LogP contribution in [0.2, 0.25) is 0 Å². The maximum Gasteiger partial charge on any atom is 0.263 e. The second-order valence-electron chi connectivity index (χ2n) is 7.18. The second kappa shape index (κ2) is 8.09. The number of para-hydroxylation sites is 1. The van der Waals surface area contributed by atoms with E-state index in [2.05, 4.69) is 25.7 Å². The highest BCUT2D eigenvalue weighted by atomic mass is 32.2. The number of likely N-dealkylation sites (tertiary alicyclic amines) is 1. The van der Waals surface area contributed by atoms with Gasteiger partial charge in [-0.15, -0.1) is 0 Å². The Morgan fingerprint density at radius 3 is 2.65 bits per heavy atom. The van der Waals surface area contributed by atoms with Gasteiger partial charge in [-0.1, -0.05) is 39.0 Å². The fraction of sp³-hybridized carbons (Fsp3) is 0.632. The molecular formula is C19H29NO2S. The monoisotopic (exact) mass is 335 g/mol. The zero-order chi connectivity index (χ0) is 16.9. The predicted molar refractivity (Wildman–Crippen MR) is 98.1 cm³/mol. The summed E-state index contributed by atoms with van der Waals surface area (Å²) in [7, 11) is 0. The van der Waals surface area contributed by atoms with E-state index < -0.39 is 6.10 Å². The van der Waals surface area contributed by atoms with Crippen LogP contribution in [0, 0.1) is 0 Å². The quantitative estimate of drug-likeness (QED) is 0.800. The Bertz CT molecular complexity index is 498. The zero-order valence-corrected chi connectivity index (χ0v) is 15.6. The standard InChI is InChI=1S/C19H29NO2S/c1-15(22-17-11-6-5-7-12-17)18(21)20-13-9-8-10-16(20)14-23-19(2,3)4/h5-7,11-12,15-16H,8-10,13-14H2,1-4H3/t15-,16+/m0/s1. The third kappa shape index (κ3) is 5.76. The Hall–Kier alpha value is -1.16. The summed E-state index contributed by atoms with van der Waals surface area (Å²) in [4.78, 5) is 14.9. The van der Waals surface area contributed by atoms with E-state index >= 15 is 0 Å². The molecule has 1 saturated heterocycles. The van der Waals surface area contributed by atoms with Crippen LogP contribution >= 0.6 is 11.8 Å². The molecule has 3 nitrogen and oxygen atoms in total. The summed E-state index contributed by atoms with van der Waals surface area (Å²) in [5, 5.41) is 0. The highest BCUT2D eigenvalue weighted by Gasteiger charge is 2.31. The van der Waals surface area contributed by atoms with Crippen LogP contribution in [0.5, 0.6) is 5.75 Å². The van der Waals surface area contributed by atoms with Crippen LogP contribution in [0.4, 0.5) is 0 Å². The SMILES string of the molecule is C[C@H](Oc1ccccc1)C(=O)N1CCCC[C@@H]1CSC(C)(C)C. The van der Waals surface area contributed by atoms with E-state index in [4.69, 9.17) is 4.74 Å². The molecule has 1 aliphatic heterocycles. The van der Waals surface area contributed by atoms with Gasteiger partial charge in [-0.25, -0.2) is 0 Å². The van der Waals surface area contributed by atoms with E-state index in [1.165, 1.54) is 6.42 Å². The zero-order valence-electron chi connectivity index (χ0n) is 14.7. The van der Waals surface area contributed by atoms with Crippen LogP contribution in [0.25, 0.3) is 0 Å². The van der Waals surface area contributed by atoms with Crippen molar-refractivity contribution >= 4 is 17.7 Å². The molecule has 4 heteroatoms. The molecule has 0 unspecified atom stereocenters. The summed E-state index contributed by atoms with van der Waals surface area (Å²) in [5.41, 5.74) is 0. The third-order valence-electron chi connectivity index (χ3n) is 4.02. The fourth-order valence-corrected chi connectivity index (χ4v) is 3.84. The Kier molecular flexibility index (Phi) is 6.40. The minimum absolute atomic E-state index is 0.119. The normalized spacial score (nSPS) is 20.2. The average molecular weight is 336 g/mol. The molecular weight excluding hydrogens is 306 g/mol. The van der Waals surface area contributed by atoms with Gasteiger partial charge in [0.15, 0.2) is 6.10 Å². The van der Waals surface area contributed by atoms with E-state index in [0.29, 0.717) is 6.04 Å². The molecule has 23 heavy (non-hydrogen) atoms. The first-order valence-electron chi connectivity index (χ1n) is 8.53. The maximum absolute atomic E-state index is 12.8. The van der Waals surface area contributed by atoms with Crippen LogP contribution in [0.15, 0.2) is 30.3 Å². The minimum atomic E-state index is -0.433. The smallest absolute Gasteiger partial charge is 0.263 e. The van der Waals surface area contributed by atoms with Crippen LogP contribution in [-0.2, 0) is 4.79 Å². The molecule has 128 valence electrons. The van der Waals surface area contributed by atoms with Crippen molar-refractivity contribution in [2.24, 2.45) is 0 Å². The Morgan fingerprint density at radius 1 is 1.30 bits per heavy atom. The van der Waals surface area contributed by atoms with Crippen molar-refractivity contribution in [1.29, 1.82) is 0 Å². The molecule has 0 radical (unpaired) electrons. The molecule has 1 fully saturated rings. The van der Waals surface area contributed by atoms with Crippen molar-refractivity contribution in [3.05, 3.63) is 30.3 Å². The molecule has 1 amide bonds. The number of carbonyl (C=O) groups excluding carboxylic acids is 1. The number of carbonyl (C=O) groups is 1. The Balaban J connectivity index is 1.96. The summed E-state index contributed by atoms with van der Waals surface area (Å²) in [5.74, 6) is 1.88. The molecule has 2 atom stereocenters. The van der Waals surface area contributed by atoms with E-state index in [9.17, 15) is 4.79 Å². The van der Waals surface area contributed by atoms with Crippen molar-refractivity contribution in [3.8, 4) is 5.75 Å². The van der Waals surface area contributed by atoms with E-state index in [1.54, 1.807) is 0 Å². The van der Waals surface area contributed by atoms with Gasteiger partial charge in [0, 0.05) is 23.1 Å². The molecule has 1 aromatic rings. The molecule has 0 bridgehead atoms. The molecule has 0 aliphatic carbocycles. The average Bonchev–Trinajstić information content (AvgIpc) is 2.53. The van der Waals surface area contributed by atoms with Gasteiger partial charge in [0.1, 0.15) is 5.75 Å². The van der Waals surface area contributed by atoms with E-state index in [-0.39, 0.29) is 10.7 Å². The third-order valence-corrected chi connectivity index (χ3v) is 5.44. The number of rotatable bonds is 5. The molecule has 0 spiro atoms. The number of hydrogen-bond donors (Lipinski definition) is 0. The predicted octanol–water partition coefficient (Wildman–Crippen LogP) is 4.37. The lowest BCUT2D eigenvalue weighted by Crippen LogP contribution is -2.50. The fourth-order valence-electron chi connectivity index (χ4n) is 2.80. The van der Waals surface area contributed by atoms with E-state index in [0.717, 1.165) is 30.9 Å². The Morgan fingerprint density at radius 2 is 2.00 bits per heavy atom. The van der Waals surface area contributed by atoms with Gasteiger partial charge in [-0.05, 0) is 38.3 Å². The lowest BCUT2D eigenvalue weighted by Gasteiger charge is -2.38. The first kappa shape index (κ1) is 18.2. The summed E-state index contributed by atoms with van der Waals surface area (Å²) in [6.07, 6.45) is 2.98. The number of benzene rings is 1. The molecule has 2 rings (SSSR count). The van der Waals surface area contributed by atoms with E-state index in [1.807, 2.05) is 49.0 Å². The lowest BCUT2D eigenvalue weighted by molar-refractivity contribution is -0.141. The van der Waals surface area contributed by atoms with Gasteiger partial charge in [0.05, 0.1) is 0 Å². The lowest BCUT2D eigenvalue weighted by atomic mass is 10.0. The number of ether oxygens (including phenoxy) is 1. The summed E-state index contributed by atoms with van der Waals surface area (Å²) in [6.45, 7) is 9.41. The first-order chi connectivity index (χ1) is 10.9. The van der Waals surface area contributed by atoms with Gasteiger partial charge in [-0.3, -0.25) is 4.79 Å². The first-order valence-corrected chi connectivity index (χ1v) is 9.51. The van der Waals surface area contributed by atoms with Gasteiger partial charge in [-0.2, -0.15) is 11.8 Å². The van der Waals surface area contributed by atoms with Crippen molar-refractivity contribution in [1.82, 2.24) is 4.90 Å². The summed E-state index contributed by atoms with van der Waals surface area (Å²) >= 11 is 1.94. The van der Waals surface area contributed by atoms with Crippen LogP contribution < -0.4 is 4.74 Å². The minimum Gasteiger partial charge on any atom is -0.481 e. The number of nitrogens with zero attached hydrogens (tertiary/aromatic N) is 1. The molecule has 1 aromatic carbocycles. The van der Waals surface area contributed by atoms with Crippen molar-refractivity contribution in [2.45, 2.75) is 63.9 Å². The van der Waals surface area contributed by atoms with Crippen LogP contribution in [0.3, 0.4) is 0 Å². The van der Waals surface area contributed by atoms with Gasteiger partial charge in [0.25, 0.3) is 5.91 Å². The van der Waals surface area contributed by atoms with Gasteiger partial charge >= 0.3 is 0 Å². The largest absolute Gasteiger partial charge is 0.481 e. The highest BCUT2D eigenvalue weighted by molar-refractivity contribution is 8.00. The van der Waals surface area contributed by atoms with Gasteiger partial charge < -0.3 is 9.64 Å². The Labute approximate surface area is 144 Å². The number of amides is 1. The van der Waals surface area contributed by atoms with Crippen LogP contribution in [0.1, 0.15) is 47.0 Å². The maximum atomic E-state index is 12.8. The van der Waals surface area contributed by atoms with Crippen molar-refractivity contribution in [3.63, 3.8) is 0 Å². The van der Waals surface area contributed by atoms with Gasteiger partial charge in [0.2, 0.25) is 0 Å². The van der Waals surface area contributed by atoms with Crippen LogP contribution in [-0.4, -0.2) is 40.0 Å². The van der Waals surface area contributed by atoms with Crippen molar-refractivity contribution < 1.29 is 9.53 Å². The number of hydrogen-bond acceptors (Lipinski definition) is 3. The summed E-state index contributed by atoms with van der Waals surface area (Å²) in [6, 6.07) is 9.93. The van der Waals surface area contributed by atoms with Crippen molar-refractivity contribution in [2.75, 3.05) is 12.3 Å². The molecule has 0 aromatic heterocycles. The molecule has 1 aliphatic rings. The highest BCUT2D eigenvalue weighted by Crippen LogP contribution is 2.29. The molecule has 0 saturated carbocycles. The summed E-state index contributed by atoms with van der Waals surface area (Å²) < 4.78 is 6.06. The second-order valence-corrected chi connectivity index (χ2v) is 9.02. The topological polar surface area (TPSA) is 29.5 Å². The molecule has 1 heterocycles. The number of piperidine rings is 1. The number of thioether (sulfide) groups is 1. The molecule has 0 N–H and O–H groups in total.